The molecule has 1 saturated carbocycles. The molecule has 0 aromatic heterocycles. The highest BCUT2D eigenvalue weighted by atomic mass is 16.6. The highest BCUT2D eigenvalue weighted by Gasteiger charge is 2.52. The van der Waals surface area contributed by atoms with Crippen LogP contribution in [0.1, 0.15) is 40.0 Å². The minimum atomic E-state index is -1.11. The predicted molar refractivity (Wildman–Crippen MR) is 67.4 cm³/mol. The maximum atomic E-state index is 12.1. The Morgan fingerprint density at radius 1 is 1.44 bits per heavy atom. The molecule has 0 spiro atoms. The lowest BCUT2D eigenvalue weighted by molar-refractivity contribution is -0.157. The summed E-state index contributed by atoms with van der Waals surface area (Å²) in [6.45, 7) is 9.02. The third-order valence-corrected chi connectivity index (χ3v) is 3.02. The van der Waals surface area contributed by atoms with Gasteiger partial charge in [-0.25, -0.2) is 9.59 Å². The molecular weight excluding hydrogens is 234 g/mol. The first-order valence-electron chi connectivity index (χ1n) is 6.08. The van der Waals surface area contributed by atoms with Crippen molar-refractivity contribution in [3.8, 4) is 0 Å². The number of ether oxygens (including phenoxy) is 1. The highest BCUT2D eigenvalue weighted by Crippen LogP contribution is 2.38. The molecule has 0 heterocycles. The van der Waals surface area contributed by atoms with Gasteiger partial charge in [-0.2, -0.15) is 0 Å². The lowest BCUT2D eigenvalue weighted by Gasteiger charge is -2.46. The van der Waals surface area contributed by atoms with Crippen LogP contribution in [-0.4, -0.2) is 39.8 Å². The number of carbonyl (C=O) groups excluding carboxylic acids is 1. The van der Waals surface area contributed by atoms with E-state index in [1.807, 2.05) is 0 Å². The molecule has 1 amide bonds. The Kier molecular flexibility index (Phi) is 4.04. The fourth-order valence-corrected chi connectivity index (χ4v) is 1.98. The van der Waals surface area contributed by atoms with Gasteiger partial charge < -0.3 is 9.84 Å². The molecule has 0 atom stereocenters. The molecule has 1 aliphatic rings. The topological polar surface area (TPSA) is 66.8 Å². The minimum Gasteiger partial charge on any atom is -0.479 e. The van der Waals surface area contributed by atoms with Crippen LogP contribution in [0.5, 0.6) is 0 Å². The van der Waals surface area contributed by atoms with Gasteiger partial charge in [0.15, 0.2) is 0 Å². The van der Waals surface area contributed by atoms with Crippen molar-refractivity contribution in [1.82, 2.24) is 4.90 Å². The van der Waals surface area contributed by atoms with E-state index in [-0.39, 0.29) is 6.54 Å². The molecule has 1 aliphatic carbocycles. The van der Waals surface area contributed by atoms with Crippen molar-refractivity contribution in [2.45, 2.75) is 51.2 Å². The van der Waals surface area contributed by atoms with E-state index in [4.69, 9.17) is 4.74 Å². The summed E-state index contributed by atoms with van der Waals surface area (Å²) in [5, 5.41) is 9.34. The number of aliphatic carboxylic acids is 1. The van der Waals surface area contributed by atoms with E-state index in [1.54, 1.807) is 20.8 Å². The molecule has 102 valence electrons. The number of nitrogens with zero attached hydrogens (tertiary/aromatic N) is 1. The zero-order valence-electron chi connectivity index (χ0n) is 11.2. The van der Waals surface area contributed by atoms with Crippen molar-refractivity contribution in [3.05, 3.63) is 12.7 Å². The second-order valence-corrected chi connectivity index (χ2v) is 5.57. The number of rotatable bonds is 4. The summed E-state index contributed by atoms with van der Waals surface area (Å²) < 4.78 is 5.26. The van der Waals surface area contributed by atoms with E-state index in [0.29, 0.717) is 12.8 Å². The Morgan fingerprint density at radius 2 is 2.00 bits per heavy atom. The first-order chi connectivity index (χ1) is 8.23. The molecule has 5 nitrogen and oxygen atoms in total. The largest absolute Gasteiger partial charge is 0.479 e. The third-order valence-electron chi connectivity index (χ3n) is 3.02. The standard InChI is InChI=1S/C13H21NO4/c1-5-9-14(11(17)18-12(2,3)4)13(10(15)16)7-6-8-13/h5H,1,6-9H2,2-4H3,(H,15,16). The Labute approximate surface area is 107 Å². The van der Waals surface area contributed by atoms with Crippen LogP contribution in [-0.2, 0) is 9.53 Å². The van der Waals surface area contributed by atoms with Gasteiger partial charge in [0.25, 0.3) is 0 Å². The Morgan fingerprint density at radius 3 is 2.28 bits per heavy atom. The Bertz CT molecular complexity index is 352. The monoisotopic (exact) mass is 255 g/mol. The van der Waals surface area contributed by atoms with Crippen LogP contribution in [0.3, 0.4) is 0 Å². The van der Waals surface area contributed by atoms with E-state index in [9.17, 15) is 14.7 Å². The lowest BCUT2D eigenvalue weighted by Crippen LogP contribution is -2.61. The molecule has 1 rings (SSSR count). The maximum absolute atomic E-state index is 12.1. The van der Waals surface area contributed by atoms with Gasteiger partial charge in [0, 0.05) is 6.54 Å². The van der Waals surface area contributed by atoms with Crippen molar-refractivity contribution in [1.29, 1.82) is 0 Å². The second-order valence-electron chi connectivity index (χ2n) is 5.57. The maximum Gasteiger partial charge on any atom is 0.411 e. The van der Waals surface area contributed by atoms with Gasteiger partial charge in [0.2, 0.25) is 0 Å². The molecule has 0 saturated heterocycles. The molecular formula is C13H21NO4. The van der Waals surface area contributed by atoms with Crippen LogP contribution >= 0.6 is 0 Å². The van der Waals surface area contributed by atoms with Crippen molar-refractivity contribution in [2.75, 3.05) is 6.54 Å². The third kappa shape index (κ3) is 2.83. The minimum absolute atomic E-state index is 0.182. The average Bonchev–Trinajstić information content (AvgIpc) is 2.11. The van der Waals surface area contributed by atoms with Gasteiger partial charge in [0.1, 0.15) is 11.1 Å². The summed E-state index contributed by atoms with van der Waals surface area (Å²) in [7, 11) is 0. The van der Waals surface area contributed by atoms with E-state index < -0.39 is 23.2 Å². The van der Waals surface area contributed by atoms with E-state index in [0.717, 1.165) is 6.42 Å². The fourth-order valence-electron chi connectivity index (χ4n) is 1.98. The molecule has 1 N–H and O–H groups in total. The molecule has 0 bridgehead atoms. The van der Waals surface area contributed by atoms with E-state index in [2.05, 4.69) is 6.58 Å². The SMILES string of the molecule is C=CCN(C(=O)OC(C)(C)C)C1(C(=O)O)CCC1. The highest BCUT2D eigenvalue weighted by molar-refractivity contribution is 5.85. The quantitative estimate of drug-likeness (QED) is 0.783. The first kappa shape index (κ1) is 14.5. The van der Waals surface area contributed by atoms with Gasteiger partial charge in [-0.05, 0) is 40.0 Å². The lowest BCUT2D eigenvalue weighted by atomic mass is 9.75. The normalized spacial score (nSPS) is 17.5. The number of hydrogen-bond acceptors (Lipinski definition) is 3. The predicted octanol–water partition coefficient (Wildman–Crippen LogP) is 2.42. The van der Waals surface area contributed by atoms with Gasteiger partial charge in [-0.15, -0.1) is 6.58 Å². The smallest absolute Gasteiger partial charge is 0.411 e. The second kappa shape index (κ2) is 5.00. The number of amides is 1. The Balaban J connectivity index is 2.91. The number of carboxylic acid groups (broad SMARTS) is 1. The molecule has 0 unspecified atom stereocenters. The van der Waals surface area contributed by atoms with Crippen LogP contribution in [0, 0.1) is 0 Å². The molecule has 0 radical (unpaired) electrons. The number of carbonyl (C=O) groups is 2. The summed E-state index contributed by atoms with van der Waals surface area (Å²) in [5.74, 6) is -0.971. The molecule has 0 aromatic rings. The zero-order chi connectivity index (χ0) is 14.0. The molecule has 1 fully saturated rings. The Hall–Kier alpha value is -1.52. The van der Waals surface area contributed by atoms with Gasteiger partial charge in [-0.3, -0.25) is 4.90 Å². The number of hydrogen-bond donors (Lipinski definition) is 1. The number of carboxylic acids is 1. The summed E-state index contributed by atoms with van der Waals surface area (Å²) in [4.78, 5) is 24.8. The van der Waals surface area contributed by atoms with Crippen LogP contribution < -0.4 is 0 Å². The summed E-state index contributed by atoms with van der Waals surface area (Å²) in [5.41, 5.74) is -1.75. The van der Waals surface area contributed by atoms with Crippen molar-refractivity contribution in [2.24, 2.45) is 0 Å². The van der Waals surface area contributed by atoms with Crippen molar-refractivity contribution < 1.29 is 19.4 Å². The van der Waals surface area contributed by atoms with Crippen molar-refractivity contribution >= 4 is 12.1 Å². The zero-order valence-corrected chi connectivity index (χ0v) is 11.2. The van der Waals surface area contributed by atoms with Gasteiger partial charge in [0.05, 0.1) is 0 Å². The molecule has 0 aromatic carbocycles. The summed E-state index contributed by atoms with van der Waals surface area (Å²) in [6, 6.07) is 0. The van der Waals surface area contributed by atoms with Crippen LogP contribution in [0.2, 0.25) is 0 Å². The molecule has 5 heteroatoms. The fraction of sp³-hybridized carbons (Fsp3) is 0.692. The van der Waals surface area contributed by atoms with Crippen LogP contribution in [0.4, 0.5) is 4.79 Å². The van der Waals surface area contributed by atoms with Gasteiger partial charge in [-0.1, -0.05) is 6.08 Å². The van der Waals surface area contributed by atoms with Crippen molar-refractivity contribution in [3.63, 3.8) is 0 Å². The molecule has 18 heavy (non-hydrogen) atoms. The first-order valence-corrected chi connectivity index (χ1v) is 6.08. The average molecular weight is 255 g/mol. The van der Waals surface area contributed by atoms with E-state index in [1.165, 1.54) is 11.0 Å². The van der Waals surface area contributed by atoms with E-state index >= 15 is 0 Å². The molecule has 0 aliphatic heterocycles. The van der Waals surface area contributed by atoms with Crippen LogP contribution in [0.15, 0.2) is 12.7 Å². The van der Waals surface area contributed by atoms with Gasteiger partial charge >= 0.3 is 12.1 Å². The summed E-state index contributed by atoms with van der Waals surface area (Å²) >= 11 is 0. The summed E-state index contributed by atoms with van der Waals surface area (Å²) in [6.07, 6.45) is 2.67. The van der Waals surface area contributed by atoms with Crippen LogP contribution in [0.25, 0.3) is 0 Å².